The molecule has 5 nitrogen and oxygen atoms in total. The quantitative estimate of drug-likeness (QED) is 0.856. The molecule has 0 bridgehead atoms. The van der Waals surface area contributed by atoms with Crippen LogP contribution in [-0.2, 0) is 4.79 Å². The van der Waals surface area contributed by atoms with E-state index in [9.17, 15) is 4.79 Å². The lowest BCUT2D eigenvalue weighted by atomic mass is 9.95. The largest absolute Gasteiger partial charge is 0.342 e. The summed E-state index contributed by atoms with van der Waals surface area (Å²) in [6.45, 7) is 1.70. The van der Waals surface area contributed by atoms with E-state index in [4.69, 9.17) is 0 Å². The molecule has 116 valence electrons. The predicted octanol–water partition coefficient (Wildman–Crippen LogP) is 2.63. The average molecular weight is 298 g/mol. The van der Waals surface area contributed by atoms with Gasteiger partial charge in [0.25, 0.3) is 0 Å². The van der Waals surface area contributed by atoms with Crippen molar-refractivity contribution < 1.29 is 4.79 Å². The Morgan fingerprint density at radius 3 is 2.82 bits per heavy atom. The molecule has 0 unspecified atom stereocenters. The van der Waals surface area contributed by atoms with Gasteiger partial charge in [-0.05, 0) is 37.8 Å². The summed E-state index contributed by atoms with van der Waals surface area (Å²) < 4.78 is 2.06. The molecule has 1 atom stereocenters. The van der Waals surface area contributed by atoms with Gasteiger partial charge in [-0.15, -0.1) is 10.2 Å². The summed E-state index contributed by atoms with van der Waals surface area (Å²) in [5.41, 5.74) is 0.886. The molecule has 1 amide bonds. The van der Waals surface area contributed by atoms with Crippen LogP contribution >= 0.6 is 0 Å². The number of piperidine rings is 1. The maximum atomic E-state index is 12.7. The van der Waals surface area contributed by atoms with Gasteiger partial charge in [0.05, 0.1) is 0 Å². The fourth-order valence-corrected chi connectivity index (χ4v) is 3.96. The second-order valence-electron chi connectivity index (χ2n) is 6.59. The topological polar surface area (TPSA) is 50.5 Å². The van der Waals surface area contributed by atoms with Crippen molar-refractivity contribution in [2.24, 2.45) is 5.92 Å². The molecule has 2 fully saturated rings. The summed E-state index contributed by atoms with van der Waals surface area (Å²) >= 11 is 0. The van der Waals surface area contributed by atoms with Gasteiger partial charge in [-0.2, -0.15) is 0 Å². The maximum Gasteiger partial charge on any atom is 0.225 e. The Balaban J connectivity index is 1.54. The van der Waals surface area contributed by atoms with Gasteiger partial charge in [0.15, 0.2) is 5.65 Å². The van der Waals surface area contributed by atoms with Crippen LogP contribution in [0.5, 0.6) is 0 Å². The maximum absolute atomic E-state index is 12.7. The van der Waals surface area contributed by atoms with E-state index in [2.05, 4.69) is 19.5 Å². The Bertz CT molecular complexity index is 674. The van der Waals surface area contributed by atoms with Crippen molar-refractivity contribution >= 4 is 11.6 Å². The van der Waals surface area contributed by atoms with Crippen LogP contribution in [0.4, 0.5) is 0 Å². The highest BCUT2D eigenvalue weighted by atomic mass is 16.2. The molecule has 1 aliphatic heterocycles. The first-order chi connectivity index (χ1) is 10.8. The first-order valence-electron chi connectivity index (χ1n) is 8.41. The lowest BCUT2D eigenvalue weighted by Gasteiger charge is -2.33. The molecule has 5 heteroatoms. The number of likely N-dealkylation sites (tertiary alicyclic amines) is 1. The molecule has 1 saturated heterocycles. The predicted molar refractivity (Wildman–Crippen MR) is 83.5 cm³/mol. The van der Waals surface area contributed by atoms with Gasteiger partial charge in [-0.3, -0.25) is 9.20 Å². The fraction of sp³-hybridized carbons (Fsp3) is 0.588. The van der Waals surface area contributed by atoms with E-state index in [1.165, 1.54) is 12.8 Å². The molecule has 0 N–H and O–H groups in total. The highest BCUT2D eigenvalue weighted by Crippen LogP contribution is 2.31. The minimum atomic E-state index is 0.272. The first kappa shape index (κ1) is 13.7. The minimum Gasteiger partial charge on any atom is -0.342 e. The van der Waals surface area contributed by atoms with E-state index in [1.54, 1.807) is 0 Å². The highest BCUT2D eigenvalue weighted by Gasteiger charge is 2.32. The van der Waals surface area contributed by atoms with E-state index in [-0.39, 0.29) is 5.92 Å². The molecular formula is C17H22N4O. The zero-order valence-electron chi connectivity index (χ0n) is 12.8. The Morgan fingerprint density at radius 2 is 1.95 bits per heavy atom. The van der Waals surface area contributed by atoms with Crippen molar-refractivity contribution in [3.05, 3.63) is 30.2 Å². The lowest BCUT2D eigenvalue weighted by Crippen LogP contribution is -2.42. The normalized spacial score (nSPS) is 23.3. The summed E-state index contributed by atoms with van der Waals surface area (Å²) in [5, 5.41) is 8.64. The SMILES string of the molecule is O=C(C1CCCC1)N1CCC[C@H](c2nnc3ccccn23)C1. The van der Waals surface area contributed by atoms with Gasteiger partial charge in [-0.25, -0.2) is 0 Å². The molecule has 0 aromatic carbocycles. The number of hydrogen-bond acceptors (Lipinski definition) is 3. The standard InChI is InChI=1S/C17H22N4O/c22-17(13-6-1-2-7-13)20-10-5-8-14(12-20)16-19-18-15-9-3-4-11-21(15)16/h3-4,9,11,13-14H,1-2,5-8,10,12H2/t14-/m0/s1. The van der Waals surface area contributed by atoms with E-state index >= 15 is 0 Å². The van der Waals surface area contributed by atoms with Crippen molar-refractivity contribution in [1.29, 1.82) is 0 Å². The molecule has 0 radical (unpaired) electrons. The molecule has 22 heavy (non-hydrogen) atoms. The molecule has 0 spiro atoms. The Hall–Kier alpha value is -1.91. The summed E-state index contributed by atoms with van der Waals surface area (Å²) in [6.07, 6.45) is 8.74. The van der Waals surface area contributed by atoms with E-state index in [0.29, 0.717) is 11.8 Å². The third-order valence-electron chi connectivity index (χ3n) is 5.14. The van der Waals surface area contributed by atoms with E-state index in [1.807, 2.05) is 24.4 Å². The summed E-state index contributed by atoms with van der Waals surface area (Å²) in [6, 6.07) is 5.95. The van der Waals surface area contributed by atoms with Crippen molar-refractivity contribution in [3.63, 3.8) is 0 Å². The first-order valence-corrected chi connectivity index (χ1v) is 8.41. The van der Waals surface area contributed by atoms with Crippen LogP contribution in [0.15, 0.2) is 24.4 Å². The van der Waals surface area contributed by atoms with E-state index < -0.39 is 0 Å². The molecule has 1 saturated carbocycles. The number of amides is 1. The minimum absolute atomic E-state index is 0.272. The highest BCUT2D eigenvalue weighted by molar-refractivity contribution is 5.79. The molecule has 2 aliphatic rings. The zero-order valence-corrected chi connectivity index (χ0v) is 12.8. The van der Waals surface area contributed by atoms with Crippen LogP contribution in [0.25, 0.3) is 5.65 Å². The number of nitrogens with zero attached hydrogens (tertiary/aromatic N) is 4. The average Bonchev–Trinajstić information content (AvgIpc) is 3.24. The van der Waals surface area contributed by atoms with Crippen molar-refractivity contribution in [1.82, 2.24) is 19.5 Å². The Morgan fingerprint density at radius 1 is 1.09 bits per heavy atom. The van der Waals surface area contributed by atoms with Crippen molar-refractivity contribution in [2.75, 3.05) is 13.1 Å². The number of carbonyl (C=O) groups is 1. The Kier molecular flexibility index (Phi) is 3.56. The van der Waals surface area contributed by atoms with Gasteiger partial charge in [0.1, 0.15) is 5.82 Å². The van der Waals surface area contributed by atoms with Crippen LogP contribution in [0.1, 0.15) is 50.3 Å². The second-order valence-corrected chi connectivity index (χ2v) is 6.59. The number of hydrogen-bond donors (Lipinski definition) is 0. The summed E-state index contributed by atoms with van der Waals surface area (Å²) in [7, 11) is 0. The smallest absolute Gasteiger partial charge is 0.225 e. The fourth-order valence-electron chi connectivity index (χ4n) is 3.96. The number of aromatic nitrogens is 3. The molecule has 2 aromatic rings. The summed E-state index contributed by atoms with van der Waals surface area (Å²) in [5.74, 6) is 1.95. The number of pyridine rings is 1. The van der Waals surface area contributed by atoms with Crippen LogP contribution in [-0.4, -0.2) is 38.5 Å². The van der Waals surface area contributed by atoms with Crippen LogP contribution in [0.2, 0.25) is 0 Å². The van der Waals surface area contributed by atoms with Crippen LogP contribution in [0.3, 0.4) is 0 Å². The monoisotopic (exact) mass is 298 g/mol. The van der Waals surface area contributed by atoms with Crippen molar-refractivity contribution in [2.45, 2.75) is 44.4 Å². The van der Waals surface area contributed by atoms with Gasteiger partial charge < -0.3 is 4.90 Å². The van der Waals surface area contributed by atoms with Gasteiger partial charge in [-0.1, -0.05) is 18.9 Å². The molecule has 2 aromatic heterocycles. The van der Waals surface area contributed by atoms with Gasteiger partial charge in [0, 0.05) is 31.1 Å². The molecule has 3 heterocycles. The Labute approximate surface area is 130 Å². The van der Waals surface area contributed by atoms with E-state index in [0.717, 1.165) is 50.2 Å². The molecule has 1 aliphatic carbocycles. The lowest BCUT2D eigenvalue weighted by molar-refractivity contribution is -0.136. The second kappa shape index (κ2) is 5.71. The molecule has 4 rings (SSSR count). The summed E-state index contributed by atoms with van der Waals surface area (Å²) in [4.78, 5) is 14.7. The van der Waals surface area contributed by atoms with Gasteiger partial charge >= 0.3 is 0 Å². The zero-order chi connectivity index (χ0) is 14.9. The van der Waals surface area contributed by atoms with Crippen LogP contribution in [0, 0.1) is 5.92 Å². The van der Waals surface area contributed by atoms with Crippen molar-refractivity contribution in [3.8, 4) is 0 Å². The van der Waals surface area contributed by atoms with Gasteiger partial charge in [0.2, 0.25) is 5.91 Å². The number of rotatable bonds is 2. The third kappa shape index (κ3) is 2.38. The van der Waals surface area contributed by atoms with Crippen LogP contribution < -0.4 is 0 Å². The number of carbonyl (C=O) groups excluding carboxylic acids is 1. The molecular weight excluding hydrogens is 276 g/mol. The number of fused-ring (bicyclic) bond motifs is 1. The third-order valence-corrected chi connectivity index (χ3v) is 5.14.